The number of carbonyl (C=O) groups excluding carboxylic acids is 1. The monoisotopic (exact) mass is 373 g/mol. The second kappa shape index (κ2) is 7.99. The van der Waals surface area contributed by atoms with E-state index in [-0.39, 0.29) is 12.2 Å². The Bertz CT molecular complexity index is 1000. The number of aliphatic hydroxyl groups is 1. The standard InChI is InChI=1S/C18H16ClN3O4/c19-14-3-1-2-4-16(14)26-8-7-22-11-20-15-9-12(21-17(24)10-23)5-6-13(15)18(22)25/h1-6,9,11,23H,7-8,10H2,(H,21,24). The predicted molar refractivity (Wildman–Crippen MR) is 98.7 cm³/mol. The number of hydrogen-bond donors (Lipinski definition) is 2. The van der Waals surface area contributed by atoms with Gasteiger partial charge in [0.2, 0.25) is 5.91 Å². The molecule has 0 spiro atoms. The van der Waals surface area contributed by atoms with Gasteiger partial charge in [-0.15, -0.1) is 0 Å². The van der Waals surface area contributed by atoms with Crippen LogP contribution < -0.4 is 15.6 Å². The highest BCUT2D eigenvalue weighted by molar-refractivity contribution is 6.32. The highest BCUT2D eigenvalue weighted by Crippen LogP contribution is 2.23. The fraction of sp³-hybridized carbons (Fsp3) is 0.167. The molecular weight excluding hydrogens is 358 g/mol. The van der Waals surface area contributed by atoms with Crippen LogP contribution >= 0.6 is 11.6 Å². The van der Waals surface area contributed by atoms with E-state index in [2.05, 4.69) is 10.3 Å². The summed E-state index contributed by atoms with van der Waals surface area (Å²) < 4.78 is 7.04. The van der Waals surface area contributed by atoms with Gasteiger partial charge in [-0.25, -0.2) is 4.98 Å². The topological polar surface area (TPSA) is 93.5 Å². The van der Waals surface area contributed by atoms with Crippen LogP contribution in [0.15, 0.2) is 53.6 Å². The lowest BCUT2D eigenvalue weighted by atomic mass is 10.2. The molecule has 0 atom stereocenters. The molecule has 1 heterocycles. The molecule has 26 heavy (non-hydrogen) atoms. The van der Waals surface area contributed by atoms with E-state index in [1.165, 1.54) is 10.9 Å². The van der Waals surface area contributed by atoms with Gasteiger partial charge in [0.15, 0.2) is 0 Å². The Morgan fingerprint density at radius 1 is 1.27 bits per heavy atom. The Morgan fingerprint density at radius 2 is 2.08 bits per heavy atom. The molecule has 0 unspecified atom stereocenters. The zero-order chi connectivity index (χ0) is 18.5. The molecule has 0 fully saturated rings. The zero-order valence-electron chi connectivity index (χ0n) is 13.7. The molecule has 0 aliphatic rings. The number of hydrogen-bond acceptors (Lipinski definition) is 5. The third-order valence-electron chi connectivity index (χ3n) is 3.68. The Morgan fingerprint density at radius 3 is 2.85 bits per heavy atom. The molecule has 0 radical (unpaired) electrons. The van der Waals surface area contributed by atoms with Crippen LogP contribution in [-0.2, 0) is 11.3 Å². The van der Waals surface area contributed by atoms with Crippen molar-refractivity contribution < 1.29 is 14.6 Å². The van der Waals surface area contributed by atoms with Crippen molar-refractivity contribution in [1.82, 2.24) is 9.55 Å². The summed E-state index contributed by atoms with van der Waals surface area (Å²) in [5.74, 6) is 0.0228. The Labute approximate surface area is 153 Å². The van der Waals surface area contributed by atoms with Gasteiger partial charge in [0.25, 0.3) is 5.56 Å². The van der Waals surface area contributed by atoms with Crippen LogP contribution in [0, 0.1) is 0 Å². The molecule has 0 aliphatic carbocycles. The van der Waals surface area contributed by atoms with Gasteiger partial charge in [-0.2, -0.15) is 0 Å². The van der Waals surface area contributed by atoms with E-state index in [4.69, 9.17) is 21.4 Å². The lowest BCUT2D eigenvalue weighted by molar-refractivity contribution is -0.118. The van der Waals surface area contributed by atoms with Crippen LogP contribution in [-0.4, -0.2) is 33.8 Å². The maximum Gasteiger partial charge on any atom is 0.261 e. The lowest BCUT2D eigenvalue weighted by Gasteiger charge is -2.10. The number of aliphatic hydroxyl groups excluding tert-OH is 1. The summed E-state index contributed by atoms with van der Waals surface area (Å²) in [4.78, 5) is 28.0. The van der Waals surface area contributed by atoms with Crippen LogP contribution in [0.25, 0.3) is 10.9 Å². The van der Waals surface area contributed by atoms with Crippen molar-refractivity contribution in [2.75, 3.05) is 18.5 Å². The number of aromatic nitrogens is 2. The van der Waals surface area contributed by atoms with Gasteiger partial charge in [-0.05, 0) is 30.3 Å². The highest BCUT2D eigenvalue weighted by atomic mass is 35.5. The number of halogens is 1. The van der Waals surface area contributed by atoms with Gasteiger partial charge in [-0.3, -0.25) is 14.2 Å². The number of para-hydroxylation sites is 1. The third kappa shape index (κ3) is 4.01. The normalized spacial score (nSPS) is 10.7. The fourth-order valence-electron chi connectivity index (χ4n) is 2.41. The van der Waals surface area contributed by atoms with Crippen molar-refractivity contribution in [2.45, 2.75) is 6.54 Å². The van der Waals surface area contributed by atoms with E-state index >= 15 is 0 Å². The smallest absolute Gasteiger partial charge is 0.261 e. The van der Waals surface area contributed by atoms with Crippen molar-refractivity contribution in [3.05, 3.63) is 64.2 Å². The first kappa shape index (κ1) is 17.9. The number of benzene rings is 2. The van der Waals surface area contributed by atoms with Crippen molar-refractivity contribution in [3.8, 4) is 5.75 Å². The predicted octanol–water partition coefficient (Wildman–Crippen LogP) is 2.06. The molecule has 134 valence electrons. The Balaban J connectivity index is 1.74. The second-order valence-corrected chi connectivity index (χ2v) is 5.87. The van der Waals surface area contributed by atoms with Crippen LogP contribution in [0.4, 0.5) is 5.69 Å². The largest absolute Gasteiger partial charge is 0.490 e. The highest BCUT2D eigenvalue weighted by Gasteiger charge is 2.07. The molecule has 0 aliphatic heterocycles. The molecule has 1 amide bonds. The maximum atomic E-state index is 12.5. The van der Waals surface area contributed by atoms with E-state index in [0.717, 1.165) is 0 Å². The fourth-order valence-corrected chi connectivity index (χ4v) is 2.60. The molecule has 7 nitrogen and oxygen atoms in total. The van der Waals surface area contributed by atoms with E-state index < -0.39 is 12.5 Å². The van der Waals surface area contributed by atoms with Gasteiger partial charge in [0.05, 0.1) is 28.8 Å². The summed E-state index contributed by atoms with van der Waals surface area (Å²) >= 11 is 6.03. The molecule has 3 rings (SSSR count). The van der Waals surface area contributed by atoms with Crippen molar-refractivity contribution >= 4 is 34.1 Å². The number of anilines is 1. The number of ether oxygens (including phenoxy) is 1. The first-order valence-corrected chi connectivity index (χ1v) is 8.23. The van der Waals surface area contributed by atoms with Gasteiger partial charge >= 0.3 is 0 Å². The van der Waals surface area contributed by atoms with Crippen LogP contribution in [0.3, 0.4) is 0 Å². The Hall–Kier alpha value is -2.90. The molecular formula is C18H16ClN3O4. The number of nitrogens with one attached hydrogen (secondary N) is 1. The van der Waals surface area contributed by atoms with Crippen LogP contribution in [0.5, 0.6) is 5.75 Å². The van der Waals surface area contributed by atoms with E-state index in [0.29, 0.717) is 33.9 Å². The SMILES string of the molecule is O=C(CO)Nc1ccc2c(=O)n(CCOc3ccccc3Cl)cnc2c1. The number of carbonyl (C=O) groups is 1. The second-order valence-electron chi connectivity index (χ2n) is 5.46. The van der Waals surface area contributed by atoms with E-state index in [1.54, 1.807) is 30.3 Å². The zero-order valence-corrected chi connectivity index (χ0v) is 14.4. The molecule has 0 bridgehead atoms. The molecule has 2 aromatic carbocycles. The summed E-state index contributed by atoms with van der Waals surface area (Å²) in [6.07, 6.45) is 1.43. The summed E-state index contributed by atoms with van der Waals surface area (Å²) in [7, 11) is 0. The average Bonchev–Trinajstić information content (AvgIpc) is 2.65. The quantitative estimate of drug-likeness (QED) is 0.689. The van der Waals surface area contributed by atoms with E-state index in [9.17, 15) is 9.59 Å². The summed E-state index contributed by atoms with van der Waals surface area (Å²) in [6, 6.07) is 11.9. The van der Waals surface area contributed by atoms with Crippen LogP contribution in [0.2, 0.25) is 5.02 Å². The van der Waals surface area contributed by atoms with Gasteiger partial charge in [0, 0.05) is 5.69 Å². The van der Waals surface area contributed by atoms with Gasteiger partial charge in [-0.1, -0.05) is 23.7 Å². The molecule has 3 aromatic rings. The number of nitrogens with zero attached hydrogens (tertiary/aromatic N) is 2. The lowest BCUT2D eigenvalue weighted by Crippen LogP contribution is -2.23. The molecule has 8 heteroatoms. The number of amides is 1. The first-order valence-electron chi connectivity index (χ1n) is 7.86. The van der Waals surface area contributed by atoms with Crippen molar-refractivity contribution in [2.24, 2.45) is 0 Å². The summed E-state index contributed by atoms with van der Waals surface area (Å²) in [5, 5.41) is 12.2. The van der Waals surface area contributed by atoms with E-state index in [1.807, 2.05) is 12.1 Å². The molecule has 1 aromatic heterocycles. The van der Waals surface area contributed by atoms with Gasteiger partial charge in [0.1, 0.15) is 19.0 Å². The summed E-state index contributed by atoms with van der Waals surface area (Å²) in [5.41, 5.74) is 0.704. The minimum Gasteiger partial charge on any atom is -0.490 e. The summed E-state index contributed by atoms with van der Waals surface area (Å²) in [6.45, 7) is -0.0318. The molecule has 0 saturated heterocycles. The Kier molecular flexibility index (Phi) is 5.50. The molecule has 0 saturated carbocycles. The first-order chi connectivity index (χ1) is 12.6. The van der Waals surface area contributed by atoms with Crippen molar-refractivity contribution in [3.63, 3.8) is 0 Å². The minimum absolute atomic E-state index is 0.210. The maximum absolute atomic E-state index is 12.5. The third-order valence-corrected chi connectivity index (χ3v) is 3.99. The number of rotatable bonds is 6. The number of fused-ring (bicyclic) bond motifs is 1. The van der Waals surface area contributed by atoms with Crippen molar-refractivity contribution in [1.29, 1.82) is 0 Å². The van der Waals surface area contributed by atoms with Gasteiger partial charge < -0.3 is 15.2 Å². The minimum atomic E-state index is -0.613. The van der Waals surface area contributed by atoms with Crippen LogP contribution in [0.1, 0.15) is 0 Å². The average molecular weight is 374 g/mol. The molecule has 2 N–H and O–H groups in total.